The molecule has 0 aromatic heterocycles. The molecule has 2 aliphatic heterocycles. The predicted octanol–water partition coefficient (Wildman–Crippen LogP) is 1.37. The van der Waals surface area contributed by atoms with Gasteiger partial charge >= 0.3 is 0 Å². The summed E-state index contributed by atoms with van der Waals surface area (Å²) in [5.41, 5.74) is 0. The first-order valence-corrected chi connectivity index (χ1v) is 5.77. The monoisotopic (exact) mass is 250 g/mol. The van der Waals surface area contributed by atoms with Crippen LogP contribution in [0.25, 0.3) is 0 Å². The quantitative estimate of drug-likeness (QED) is 0.762. The number of rotatable bonds is 1. The van der Waals surface area contributed by atoms with Crippen LogP contribution >= 0.6 is 12.4 Å². The van der Waals surface area contributed by atoms with Crippen LogP contribution in [0.2, 0.25) is 0 Å². The van der Waals surface area contributed by atoms with E-state index in [1.54, 1.807) is 0 Å². The fraction of sp³-hybridized carbons (Fsp3) is 0.909. The minimum atomic E-state index is -0.853. The Kier molecular flexibility index (Phi) is 4.56. The molecule has 2 fully saturated rings. The molecule has 0 radical (unpaired) electrons. The van der Waals surface area contributed by atoms with E-state index >= 15 is 0 Å². The number of carbonyl (C=O) groups excluding carboxylic acids is 1. The van der Waals surface area contributed by atoms with Gasteiger partial charge in [0.25, 0.3) is 0 Å². The first-order chi connectivity index (χ1) is 7.09. The predicted molar refractivity (Wildman–Crippen MR) is 63.5 cm³/mol. The van der Waals surface area contributed by atoms with Crippen LogP contribution in [0, 0.1) is 5.92 Å². The van der Waals surface area contributed by atoms with Crippen molar-refractivity contribution < 1.29 is 9.18 Å². The van der Waals surface area contributed by atoms with Gasteiger partial charge in [0.2, 0.25) is 5.91 Å². The Morgan fingerprint density at radius 3 is 2.56 bits per heavy atom. The minimum absolute atomic E-state index is 0. The number of carbonyl (C=O) groups is 1. The van der Waals surface area contributed by atoms with Gasteiger partial charge in [0, 0.05) is 25.6 Å². The molecule has 0 aromatic rings. The van der Waals surface area contributed by atoms with E-state index in [0.29, 0.717) is 24.9 Å². The third kappa shape index (κ3) is 2.48. The maximum absolute atomic E-state index is 13.0. The van der Waals surface area contributed by atoms with E-state index < -0.39 is 6.17 Å². The number of hydrogen-bond donors (Lipinski definition) is 1. The van der Waals surface area contributed by atoms with E-state index in [9.17, 15) is 9.18 Å². The van der Waals surface area contributed by atoms with Gasteiger partial charge in [0.1, 0.15) is 6.17 Å². The van der Waals surface area contributed by atoms with Crippen LogP contribution < -0.4 is 5.32 Å². The Labute approximate surface area is 102 Å². The van der Waals surface area contributed by atoms with Gasteiger partial charge in [-0.1, -0.05) is 6.92 Å². The van der Waals surface area contributed by atoms with Gasteiger partial charge in [-0.2, -0.15) is 0 Å². The summed E-state index contributed by atoms with van der Waals surface area (Å²) in [7, 11) is 0. The highest BCUT2D eigenvalue weighted by Gasteiger charge is 2.37. The van der Waals surface area contributed by atoms with Crippen LogP contribution in [-0.2, 0) is 4.79 Å². The van der Waals surface area contributed by atoms with Crippen molar-refractivity contribution in [2.75, 3.05) is 13.1 Å². The topological polar surface area (TPSA) is 32.3 Å². The highest BCUT2D eigenvalue weighted by atomic mass is 35.5. The molecule has 2 saturated heterocycles. The van der Waals surface area contributed by atoms with Gasteiger partial charge in [0.15, 0.2) is 0 Å². The Balaban J connectivity index is 0.00000128. The summed E-state index contributed by atoms with van der Waals surface area (Å²) in [6, 6.07) is 0.0192. The van der Waals surface area contributed by atoms with Gasteiger partial charge in [-0.3, -0.25) is 4.79 Å². The molecule has 2 heterocycles. The van der Waals surface area contributed by atoms with Crippen LogP contribution in [0.15, 0.2) is 0 Å². The van der Waals surface area contributed by atoms with Crippen molar-refractivity contribution in [3.63, 3.8) is 0 Å². The molecule has 3 nitrogen and oxygen atoms in total. The molecular weight excluding hydrogens is 231 g/mol. The van der Waals surface area contributed by atoms with Crippen molar-refractivity contribution in [3.05, 3.63) is 0 Å². The standard InChI is InChI=1S/C11H19FN2O.ClH/c1-7-3-4-14(8(7)2)11(15)10-5-9(12)6-13-10;/h7-10,13H,3-6H2,1-2H3;1H/t7?,8?,9-,10+;/m0./s1. The fourth-order valence-corrected chi connectivity index (χ4v) is 2.49. The second-order valence-electron chi connectivity index (χ2n) is 4.83. The number of likely N-dealkylation sites (tertiary alicyclic amines) is 1. The summed E-state index contributed by atoms with van der Waals surface area (Å²) in [6.07, 6.45) is 0.559. The zero-order valence-electron chi connectivity index (χ0n) is 9.78. The molecule has 4 atom stereocenters. The van der Waals surface area contributed by atoms with Gasteiger partial charge < -0.3 is 10.2 Å². The van der Waals surface area contributed by atoms with Crippen LogP contribution in [0.4, 0.5) is 4.39 Å². The lowest BCUT2D eigenvalue weighted by Crippen LogP contribution is -2.45. The first-order valence-electron chi connectivity index (χ1n) is 5.77. The largest absolute Gasteiger partial charge is 0.338 e. The van der Waals surface area contributed by atoms with Crippen LogP contribution in [-0.4, -0.2) is 42.2 Å². The van der Waals surface area contributed by atoms with Crippen molar-refractivity contribution in [2.24, 2.45) is 5.92 Å². The third-order valence-corrected chi connectivity index (χ3v) is 3.80. The number of nitrogens with one attached hydrogen (secondary N) is 1. The van der Waals surface area contributed by atoms with E-state index in [0.717, 1.165) is 13.0 Å². The van der Waals surface area contributed by atoms with Crippen molar-refractivity contribution in [1.29, 1.82) is 0 Å². The SMILES string of the molecule is CC1CCN(C(=O)[C@H]2C[C@H](F)CN2)C1C.Cl. The summed E-state index contributed by atoms with van der Waals surface area (Å²) in [5.74, 6) is 0.656. The number of nitrogens with zero attached hydrogens (tertiary/aromatic N) is 1. The summed E-state index contributed by atoms with van der Waals surface area (Å²) in [4.78, 5) is 13.9. The molecule has 0 bridgehead atoms. The molecule has 0 saturated carbocycles. The average Bonchev–Trinajstić information content (AvgIpc) is 2.75. The molecule has 0 aliphatic carbocycles. The van der Waals surface area contributed by atoms with Crippen molar-refractivity contribution in [2.45, 2.75) is 44.9 Å². The summed E-state index contributed by atoms with van der Waals surface area (Å²) in [6.45, 7) is 5.40. The number of hydrogen-bond acceptors (Lipinski definition) is 2. The molecule has 2 aliphatic rings. The summed E-state index contributed by atoms with van der Waals surface area (Å²) >= 11 is 0. The summed E-state index contributed by atoms with van der Waals surface area (Å²) in [5, 5.41) is 2.95. The molecule has 2 unspecified atom stereocenters. The van der Waals surface area contributed by atoms with Crippen molar-refractivity contribution in [3.8, 4) is 0 Å². The zero-order valence-corrected chi connectivity index (χ0v) is 10.6. The molecule has 1 N–H and O–H groups in total. The number of alkyl halides is 1. The van der Waals surface area contributed by atoms with Gasteiger partial charge in [-0.25, -0.2) is 4.39 Å². The maximum Gasteiger partial charge on any atom is 0.240 e. The number of amides is 1. The third-order valence-electron chi connectivity index (χ3n) is 3.80. The Morgan fingerprint density at radius 1 is 1.44 bits per heavy atom. The molecule has 5 heteroatoms. The van der Waals surface area contributed by atoms with Crippen LogP contribution in [0.1, 0.15) is 26.7 Å². The number of halogens is 2. The van der Waals surface area contributed by atoms with Gasteiger partial charge in [-0.05, 0) is 19.3 Å². The van der Waals surface area contributed by atoms with Crippen molar-refractivity contribution in [1.82, 2.24) is 10.2 Å². The summed E-state index contributed by atoms with van der Waals surface area (Å²) < 4.78 is 13.0. The molecule has 1 amide bonds. The highest BCUT2D eigenvalue weighted by Crippen LogP contribution is 2.25. The first kappa shape index (κ1) is 13.7. The second kappa shape index (κ2) is 5.32. The smallest absolute Gasteiger partial charge is 0.240 e. The maximum atomic E-state index is 13.0. The highest BCUT2D eigenvalue weighted by molar-refractivity contribution is 5.85. The Morgan fingerprint density at radius 2 is 2.12 bits per heavy atom. The normalized spacial score (nSPS) is 38.6. The molecule has 94 valence electrons. The van der Waals surface area contributed by atoms with E-state index in [1.807, 2.05) is 4.90 Å². The molecule has 0 spiro atoms. The molecule has 16 heavy (non-hydrogen) atoms. The molecule has 2 rings (SSSR count). The fourth-order valence-electron chi connectivity index (χ4n) is 2.49. The van der Waals surface area contributed by atoms with Gasteiger partial charge in [0.05, 0.1) is 6.04 Å². The average molecular weight is 251 g/mol. The zero-order chi connectivity index (χ0) is 11.0. The molecule has 0 aromatic carbocycles. The van der Waals surface area contributed by atoms with Gasteiger partial charge in [-0.15, -0.1) is 12.4 Å². The van der Waals surface area contributed by atoms with E-state index in [4.69, 9.17) is 0 Å². The minimum Gasteiger partial charge on any atom is -0.338 e. The van der Waals surface area contributed by atoms with Crippen LogP contribution in [0.5, 0.6) is 0 Å². The molecular formula is C11H20ClFN2O. The van der Waals surface area contributed by atoms with Crippen LogP contribution in [0.3, 0.4) is 0 Å². The lowest BCUT2D eigenvalue weighted by molar-refractivity contribution is -0.134. The van der Waals surface area contributed by atoms with E-state index in [2.05, 4.69) is 19.2 Å². The lowest BCUT2D eigenvalue weighted by atomic mass is 10.0. The van der Waals surface area contributed by atoms with Crippen molar-refractivity contribution >= 4 is 18.3 Å². The lowest BCUT2D eigenvalue weighted by Gasteiger charge is -2.26. The Bertz CT molecular complexity index is 264. The van der Waals surface area contributed by atoms with E-state index in [-0.39, 0.29) is 24.4 Å². The second-order valence-corrected chi connectivity index (χ2v) is 4.83. The van der Waals surface area contributed by atoms with E-state index in [1.165, 1.54) is 0 Å². The Hall–Kier alpha value is -0.350.